The van der Waals surface area contributed by atoms with Gasteiger partial charge in [-0.15, -0.1) is 0 Å². The Balaban J connectivity index is 2.45. The van der Waals surface area contributed by atoms with Crippen LogP contribution in [-0.4, -0.2) is 51.0 Å². The lowest BCUT2D eigenvalue weighted by Crippen LogP contribution is -2.50. The number of amides is 2. The highest BCUT2D eigenvalue weighted by molar-refractivity contribution is 7.92. The Bertz CT molecular complexity index is 1070. The Labute approximate surface area is 191 Å². The number of para-hydroxylation sites is 1. The van der Waals surface area contributed by atoms with Crippen molar-refractivity contribution in [3.63, 3.8) is 0 Å². The van der Waals surface area contributed by atoms with Gasteiger partial charge in [0.05, 0.1) is 11.9 Å². The third-order valence-electron chi connectivity index (χ3n) is 5.36. The number of nitrogens with zero attached hydrogens (tertiary/aromatic N) is 2. The van der Waals surface area contributed by atoms with Crippen LogP contribution in [0.3, 0.4) is 0 Å². The monoisotopic (exact) mass is 459 g/mol. The number of carbonyl (C=O) groups is 2. The summed E-state index contributed by atoms with van der Waals surface area (Å²) in [6.45, 7) is 7.33. The molecule has 7 nitrogen and oxygen atoms in total. The van der Waals surface area contributed by atoms with E-state index in [1.165, 1.54) is 11.9 Å². The first kappa shape index (κ1) is 25.4. The summed E-state index contributed by atoms with van der Waals surface area (Å²) in [6.07, 6.45) is 1.09. The second-order valence-electron chi connectivity index (χ2n) is 8.28. The minimum absolute atomic E-state index is 0.0683. The highest BCUT2D eigenvalue weighted by Gasteiger charge is 2.30. The summed E-state index contributed by atoms with van der Waals surface area (Å²) in [5.74, 6) is -0.704. The van der Waals surface area contributed by atoms with Crippen molar-refractivity contribution < 1.29 is 18.0 Å². The number of aryl methyl sites for hydroxylation is 1. The lowest BCUT2D eigenvalue weighted by atomic mass is 10.0. The van der Waals surface area contributed by atoms with Crippen LogP contribution in [0.1, 0.15) is 43.4 Å². The van der Waals surface area contributed by atoms with Crippen molar-refractivity contribution in [3.8, 4) is 0 Å². The summed E-state index contributed by atoms with van der Waals surface area (Å²) in [4.78, 5) is 27.2. The van der Waals surface area contributed by atoms with Crippen molar-refractivity contribution >= 4 is 27.5 Å². The smallest absolute Gasteiger partial charge is 0.244 e. The van der Waals surface area contributed by atoms with E-state index in [9.17, 15) is 18.0 Å². The maximum absolute atomic E-state index is 13.4. The molecular weight excluding hydrogens is 426 g/mol. The summed E-state index contributed by atoms with van der Waals surface area (Å²) >= 11 is 0. The van der Waals surface area contributed by atoms with E-state index in [0.29, 0.717) is 5.69 Å². The zero-order valence-corrected chi connectivity index (χ0v) is 20.4. The Hall–Kier alpha value is -2.87. The van der Waals surface area contributed by atoms with Gasteiger partial charge in [-0.25, -0.2) is 8.42 Å². The fourth-order valence-electron chi connectivity index (χ4n) is 3.60. The van der Waals surface area contributed by atoms with Crippen LogP contribution < -0.4 is 9.62 Å². The van der Waals surface area contributed by atoms with Crippen molar-refractivity contribution in [1.29, 1.82) is 0 Å². The summed E-state index contributed by atoms with van der Waals surface area (Å²) in [5.41, 5.74) is 3.20. The van der Waals surface area contributed by atoms with E-state index in [-0.39, 0.29) is 18.4 Å². The van der Waals surface area contributed by atoms with E-state index in [1.807, 2.05) is 57.2 Å². The predicted octanol–water partition coefficient (Wildman–Crippen LogP) is 3.05. The van der Waals surface area contributed by atoms with Crippen LogP contribution in [0.25, 0.3) is 0 Å². The molecule has 8 heteroatoms. The number of carbonyl (C=O) groups excluding carboxylic acids is 2. The van der Waals surface area contributed by atoms with Gasteiger partial charge in [0.2, 0.25) is 21.8 Å². The third-order valence-corrected chi connectivity index (χ3v) is 6.48. The molecule has 2 amide bonds. The van der Waals surface area contributed by atoms with Gasteiger partial charge in [0.25, 0.3) is 0 Å². The van der Waals surface area contributed by atoms with E-state index in [0.717, 1.165) is 27.3 Å². The van der Waals surface area contributed by atoms with Crippen LogP contribution in [-0.2, 0) is 26.2 Å². The lowest BCUT2D eigenvalue weighted by Gasteiger charge is -2.32. The molecule has 0 aliphatic carbocycles. The van der Waals surface area contributed by atoms with E-state index >= 15 is 0 Å². The fourth-order valence-corrected chi connectivity index (χ4v) is 4.46. The number of benzene rings is 2. The number of nitrogens with one attached hydrogen (secondary N) is 1. The summed E-state index contributed by atoms with van der Waals surface area (Å²) in [7, 11) is -2.24. The summed E-state index contributed by atoms with van der Waals surface area (Å²) in [6, 6.07) is 14.1. The van der Waals surface area contributed by atoms with Gasteiger partial charge < -0.3 is 10.2 Å². The molecular formula is C24H33N3O4S. The van der Waals surface area contributed by atoms with Gasteiger partial charge in [-0.1, -0.05) is 61.9 Å². The first-order valence-electron chi connectivity index (χ1n) is 10.6. The molecule has 0 saturated heterocycles. The number of anilines is 1. The molecule has 2 rings (SSSR count). The van der Waals surface area contributed by atoms with E-state index in [2.05, 4.69) is 5.32 Å². The molecule has 0 aliphatic heterocycles. The van der Waals surface area contributed by atoms with E-state index < -0.39 is 28.5 Å². The van der Waals surface area contributed by atoms with Gasteiger partial charge >= 0.3 is 0 Å². The number of sulfonamides is 1. The topological polar surface area (TPSA) is 86.8 Å². The average molecular weight is 460 g/mol. The molecule has 0 saturated carbocycles. The normalized spacial score (nSPS) is 12.3. The quantitative estimate of drug-likeness (QED) is 0.624. The van der Waals surface area contributed by atoms with E-state index in [1.54, 1.807) is 19.1 Å². The summed E-state index contributed by atoms with van der Waals surface area (Å²) in [5, 5.41) is 2.57. The van der Waals surface area contributed by atoms with Crippen molar-refractivity contribution in [2.24, 2.45) is 0 Å². The second-order valence-corrected chi connectivity index (χ2v) is 10.2. The number of hydrogen-bond donors (Lipinski definition) is 1. The molecule has 0 aliphatic rings. The minimum Gasteiger partial charge on any atom is -0.357 e. The predicted molar refractivity (Wildman–Crippen MR) is 128 cm³/mol. The molecule has 0 unspecified atom stereocenters. The molecule has 1 N–H and O–H groups in total. The molecule has 0 radical (unpaired) electrons. The van der Waals surface area contributed by atoms with Gasteiger partial charge in [0.1, 0.15) is 12.6 Å². The van der Waals surface area contributed by atoms with Crippen LogP contribution >= 0.6 is 0 Å². The second kappa shape index (κ2) is 10.6. The molecule has 32 heavy (non-hydrogen) atoms. The zero-order valence-electron chi connectivity index (χ0n) is 19.6. The zero-order chi connectivity index (χ0) is 24.1. The van der Waals surface area contributed by atoms with Gasteiger partial charge in [0.15, 0.2) is 0 Å². The fraction of sp³-hybridized carbons (Fsp3) is 0.417. The molecule has 0 spiro atoms. The van der Waals surface area contributed by atoms with Crippen molar-refractivity contribution in [2.75, 3.05) is 24.2 Å². The third kappa shape index (κ3) is 6.32. The maximum Gasteiger partial charge on any atom is 0.244 e. The number of likely N-dealkylation sites (N-methyl/N-ethyl adjacent to an activating group) is 1. The van der Waals surface area contributed by atoms with Crippen LogP contribution in [0.4, 0.5) is 5.69 Å². The maximum atomic E-state index is 13.4. The lowest BCUT2D eigenvalue weighted by molar-refractivity contribution is -0.139. The van der Waals surface area contributed by atoms with Crippen LogP contribution in [0, 0.1) is 6.92 Å². The molecule has 0 heterocycles. The van der Waals surface area contributed by atoms with E-state index in [4.69, 9.17) is 0 Å². The SMILES string of the molecule is CNC(=O)[C@@H](C)N(Cc1cccc(C)c1)C(=O)CN(c1ccccc1C(C)C)S(C)(=O)=O. The van der Waals surface area contributed by atoms with Crippen molar-refractivity contribution in [2.45, 2.75) is 46.2 Å². The van der Waals surface area contributed by atoms with Crippen molar-refractivity contribution in [1.82, 2.24) is 10.2 Å². The van der Waals surface area contributed by atoms with Crippen LogP contribution in [0.5, 0.6) is 0 Å². The number of hydrogen-bond acceptors (Lipinski definition) is 4. The minimum atomic E-state index is -3.75. The van der Waals surface area contributed by atoms with Gasteiger partial charge in [-0.3, -0.25) is 13.9 Å². The Morgan fingerprint density at radius 2 is 1.69 bits per heavy atom. The molecule has 0 aromatic heterocycles. The Kier molecular flexibility index (Phi) is 8.44. The first-order chi connectivity index (χ1) is 15.0. The van der Waals surface area contributed by atoms with Gasteiger partial charge in [-0.2, -0.15) is 0 Å². The first-order valence-corrected chi connectivity index (χ1v) is 12.4. The summed E-state index contributed by atoms with van der Waals surface area (Å²) < 4.78 is 26.5. The van der Waals surface area contributed by atoms with Gasteiger partial charge in [-0.05, 0) is 37.0 Å². The molecule has 0 bridgehead atoms. The standard InChI is InChI=1S/C24H33N3O4S/c1-17(2)21-12-7-8-13-22(21)27(32(6,30)31)16-23(28)26(19(4)24(29)25-5)15-20-11-9-10-18(3)14-20/h7-14,17,19H,15-16H2,1-6H3,(H,25,29)/t19-/m1/s1. The Morgan fingerprint density at radius 1 is 1.03 bits per heavy atom. The highest BCUT2D eigenvalue weighted by Crippen LogP contribution is 2.29. The average Bonchev–Trinajstić information content (AvgIpc) is 2.73. The molecule has 0 fully saturated rings. The number of rotatable bonds is 9. The molecule has 2 aromatic rings. The molecule has 1 atom stereocenters. The Morgan fingerprint density at radius 3 is 2.25 bits per heavy atom. The van der Waals surface area contributed by atoms with Crippen molar-refractivity contribution in [3.05, 3.63) is 65.2 Å². The largest absolute Gasteiger partial charge is 0.357 e. The van der Waals surface area contributed by atoms with Crippen LogP contribution in [0.2, 0.25) is 0 Å². The molecule has 2 aromatic carbocycles. The van der Waals surface area contributed by atoms with Gasteiger partial charge in [0, 0.05) is 13.6 Å². The van der Waals surface area contributed by atoms with Crippen LogP contribution in [0.15, 0.2) is 48.5 Å². The highest BCUT2D eigenvalue weighted by atomic mass is 32.2. The molecule has 174 valence electrons.